The van der Waals surface area contributed by atoms with Gasteiger partial charge in [-0.2, -0.15) is 10.5 Å². The predicted octanol–water partition coefficient (Wildman–Crippen LogP) is 7.71. The van der Waals surface area contributed by atoms with Crippen LogP contribution in [-0.4, -0.2) is 19.5 Å². The van der Waals surface area contributed by atoms with Gasteiger partial charge in [0.15, 0.2) is 17.5 Å². The van der Waals surface area contributed by atoms with Crippen LogP contribution in [0.5, 0.6) is 0 Å². The van der Waals surface area contributed by atoms with Gasteiger partial charge in [0, 0.05) is 27.5 Å². The van der Waals surface area contributed by atoms with Crippen molar-refractivity contribution in [3.8, 4) is 52.0 Å². The van der Waals surface area contributed by atoms with E-state index >= 15 is 0 Å². The molecule has 190 valence electrons. The van der Waals surface area contributed by atoms with Crippen molar-refractivity contribution in [2.75, 3.05) is 0 Å². The molecule has 0 N–H and O–H groups in total. The highest BCUT2D eigenvalue weighted by atomic mass is 15.0. The molecule has 0 aliphatic carbocycles. The summed E-state index contributed by atoms with van der Waals surface area (Å²) < 4.78 is 2.00. The maximum absolute atomic E-state index is 10.4. The first-order chi connectivity index (χ1) is 20.2. The van der Waals surface area contributed by atoms with E-state index < -0.39 is 0 Å². The average molecular weight is 525 g/mol. The van der Waals surface area contributed by atoms with Crippen LogP contribution in [0.3, 0.4) is 0 Å². The Labute approximate surface area is 236 Å². The van der Waals surface area contributed by atoms with E-state index in [4.69, 9.17) is 15.0 Å². The fourth-order valence-electron chi connectivity index (χ4n) is 5.28. The fraction of sp³-hybridized carbons (Fsp3) is 0. The first-order valence-electron chi connectivity index (χ1n) is 13.1. The summed E-state index contributed by atoms with van der Waals surface area (Å²) in [6.07, 6.45) is 0. The number of rotatable bonds is 4. The van der Waals surface area contributed by atoms with Gasteiger partial charge >= 0.3 is 0 Å². The normalized spacial score (nSPS) is 10.9. The molecule has 5 aromatic carbocycles. The quantitative estimate of drug-likeness (QED) is 0.235. The number of hydrogen-bond donors (Lipinski definition) is 0. The molecule has 6 heteroatoms. The molecule has 0 bridgehead atoms. The zero-order chi connectivity index (χ0) is 27.8. The van der Waals surface area contributed by atoms with Crippen molar-refractivity contribution in [2.24, 2.45) is 0 Å². The number of hydrogen-bond acceptors (Lipinski definition) is 5. The molecule has 0 saturated carbocycles. The summed E-state index contributed by atoms with van der Waals surface area (Å²) >= 11 is 0. The smallest absolute Gasteiger partial charge is 0.164 e. The molecule has 0 atom stereocenters. The molecule has 0 fully saturated rings. The van der Waals surface area contributed by atoms with Crippen molar-refractivity contribution in [1.29, 1.82) is 10.5 Å². The van der Waals surface area contributed by atoms with Gasteiger partial charge in [0.05, 0.1) is 27.8 Å². The van der Waals surface area contributed by atoms with Gasteiger partial charge in [0.1, 0.15) is 12.1 Å². The molecule has 7 aromatic rings. The molecule has 0 unspecified atom stereocenters. The van der Waals surface area contributed by atoms with Crippen molar-refractivity contribution < 1.29 is 0 Å². The van der Waals surface area contributed by atoms with Crippen molar-refractivity contribution in [1.82, 2.24) is 19.5 Å². The lowest BCUT2D eigenvalue weighted by atomic mass is 10.0. The lowest BCUT2D eigenvalue weighted by molar-refractivity contribution is 1.07. The largest absolute Gasteiger partial charge is 0.307 e. The van der Waals surface area contributed by atoms with Crippen molar-refractivity contribution in [3.63, 3.8) is 0 Å². The molecule has 0 saturated heterocycles. The van der Waals surface area contributed by atoms with E-state index in [-0.39, 0.29) is 0 Å². The zero-order valence-corrected chi connectivity index (χ0v) is 21.7. The average Bonchev–Trinajstić information content (AvgIpc) is 3.38. The number of benzene rings is 5. The lowest BCUT2D eigenvalue weighted by Gasteiger charge is -2.14. The Morgan fingerprint density at radius 2 is 0.854 bits per heavy atom. The molecular formula is C35H20N6. The standard InChI is InChI=1S/C35H20N6/c36-21-26-19-25(35-39-33(23-11-3-1-4-12-23)38-34(40-35)24-13-5-2-6-14-24)20-27(22-37)32(26)41-30-17-9-7-15-28(30)29-16-8-10-18-31(29)41/h1-20H. The van der Waals surface area contributed by atoms with Crippen molar-refractivity contribution in [2.45, 2.75) is 0 Å². The summed E-state index contributed by atoms with van der Waals surface area (Å²) in [4.78, 5) is 14.3. The van der Waals surface area contributed by atoms with Crippen molar-refractivity contribution in [3.05, 3.63) is 132 Å². The van der Waals surface area contributed by atoms with Crippen LogP contribution in [-0.2, 0) is 0 Å². The van der Waals surface area contributed by atoms with Gasteiger partial charge in [-0.1, -0.05) is 97.1 Å². The second-order valence-electron chi connectivity index (χ2n) is 9.55. The summed E-state index contributed by atoms with van der Waals surface area (Å²) in [5, 5.41) is 22.9. The third-order valence-electron chi connectivity index (χ3n) is 7.11. The van der Waals surface area contributed by atoms with E-state index in [0.29, 0.717) is 39.9 Å². The second-order valence-corrected chi connectivity index (χ2v) is 9.55. The summed E-state index contributed by atoms with van der Waals surface area (Å²) in [5.74, 6) is 1.41. The zero-order valence-electron chi connectivity index (χ0n) is 21.7. The Balaban J connectivity index is 1.49. The lowest BCUT2D eigenvalue weighted by Crippen LogP contribution is -2.04. The van der Waals surface area contributed by atoms with Crippen molar-refractivity contribution >= 4 is 21.8 Å². The molecule has 0 radical (unpaired) electrons. The molecule has 2 heterocycles. The maximum atomic E-state index is 10.4. The van der Waals surface area contributed by atoms with Crippen LogP contribution in [0, 0.1) is 22.7 Å². The van der Waals surface area contributed by atoms with Gasteiger partial charge in [-0.25, -0.2) is 15.0 Å². The topological polar surface area (TPSA) is 91.2 Å². The fourth-order valence-corrected chi connectivity index (χ4v) is 5.28. The Morgan fingerprint density at radius 1 is 0.463 bits per heavy atom. The third kappa shape index (κ3) is 4.08. The summed E-state index contributed by atoms with van der Waals surface area (Å²) in [5.41, 5.74) is 5.35. The third-order valence-corrected chi connectivity index (χ3v) is 7.11. The first kappa shape index (κ1) is 24.0. The minimum Gasteiger partial charge on any atom is -0.307 e. The van der Waals surface area contributed by atoms with Gasteiger partial charge in [0.25, 0.3) is 0 Å². The van der Waals surface area contributed by atoms with E-state index in [1.807, 2.05) is 102 Å². The molecule has 0 aliphatic rings. The summed E-state index contributed by atoms with van der Waals surface area (Å²) in [6, 6.07) is 43.7. The SMILES string of the molecule is N#Cc1cc(-c2nc(-c3ccccc3)nc(-c3ccccc3)n2)cc(C#N)c1-n1c2ccccc2c2ccccc21. The van der Waals surface area contributed by atoms with E-state index in [1.54, 1.807) is 12.1 Å². The van der Waals surface area contributed by atoms with Gasteiger partial charge in [0.2, 0.25) is 0 Å². The Bertz CT molecular complexity index is 2020. The predicted molar refractivity (Wildman–Crippen MR) is 160 cm³/mol. The molecule has 41 heavy (non-hydrogen) atoms. The minimum atomic E-state index is 0.355. The van der Waals surface area contributed by atoms with E-state index in [9.17, 15) is 10.5 Å². The Hall–Kier alpha value is -6.11. The number of nitriles is 2. The van der Waals surface area contributed by atoms with E-state index in [0.717, 1.165) is 32.9 Å². The number of para-hydroxylation sites is 2. The van der Waals surface area contributed by atoms with Gasteiger partial charge in [-0.3, -0.25) is 0 Å². The molecule has 6 nitrogen and oxygen atoms in total. The van der Waals surface area contributed by atoms with Crippen LogP contribution in [0.2, 0.25) is 0 Å². The van der Waals surface area contributed by atoms with Crippen LogP contribution in [0.15, 0.2) is 121 Å². The van der Waals surface area contributed by atoms with E-state index in [2.05, 4.69) is 24.3 Å². The van der Waals surface area contributed by atoms with Crippen LogP contribution >= 0.6 is 0 Å². The molecule has 0 amide bonds. The first-order valence-corrected chi connectivity index (χ1v) is 13.1. The summed E-state index contributed by atoms with van der Waals surface area (Å²) in [7, 11) is 0. The Kier molecular flexibility index (Phi) is 5.78. The van der Waals surface area contributed by atoms with Crippen LogP contribution in [0.4, 0.5) is 0 Å². The minimum absolute atomic E-state index is 0.355. The second kappa shape index (κ2) is 9.89. The number of fused-ring (bicyclic) bond motifs is 3. The monoisotopic (exact) mass is 524 g/mol. The van der Waals surface area contributed by atoms with Crippen LogP contribution < -0.4 is 0 Å². The Morgan fingerprint density at radius 3 is 1.29 bits per heavy atom. The highest BCUT2D eigenvalue weighted by molar-refractivity contribution is 6.09. The van der Waals surface area contributed by atoms with Gasteiger partial charge < -0.3 is 4.57 Å². The molecule has 2 aromatic heterocycles. The maximum Gasteiger partial charge on any atom is 0.164 e. The van der Waals surface area contributed by atoms with Gasteiger partial charge in [-0.05, 0) is 24.3 Å². The molecular weight excluding hydrogens is 504 g/mol. The molecule has 0 spiro atoms. The van der Waals surface area contributed by atoms with Crippen LogP contribution in [0.25, 0.3) is 61.7 Å². The molecule has 0 aliphatic heterocycles. The molecule has 7 rings (SSSR count). The highest BCUT2D eigenvalue weighted by Gasteiger charge is 2.21. The van der Waals surface area contributed by atoms with E-state index in [1.165, 1.54) is 0 Å². The highest BCUT2D eigenvalue weighted by Crippen LogP contribution is 2.36. The summed E-state index contributed by atoms with van der Waals surface area (Å²) in [6.45, 7) is 0. The number of aromatic nitrogens is 4. The van der Waals surface area contributed by atoms with Crippen LogP contribution in [0.1, 0.15) is 11.1 Å². The van der Waals surface area contributed by atoms with Gasteiger partial charge in [-0.15, -0.1) is 0 Å². The number of nitrogens with zero attached hydrogens (tertiary/aromatic N) is 6.